The van der Waals surface area contributed by atoms with Gasteiger partial charge in [0.15, 0.2) is 0 Å². The minimum atomic E-state index is 0.0311. The van der Waals surface area contributed by atoms with Crippen molar-refractivity contribution < 1.29 is 14.3 Å². The number of halogens is 1. The van der Waals surface area contributed by atoms with Crippen LogP contribution in [0.15, 0.2) is 30.5 Å². The van der Waals surface area contributed by atoms with Gasteiger partial charge in [-0.3, -0.25) is 4.79 Å². The van der Waals surface area contributed by atoms with Crippen molar-refractivity contribution in [2.24, 2.45) is 0 Å². The Kier molecular flexibility index (Phi) is 5.28. The lowest BCUT2D eigenvalue weighted by Crippen LogP contribution is -2.27. The van der Waals surface area contributed by atoms with Crippen molar-refractivity contribution >= 4 is 29.0 Å². The van der Waals surface area contributed by atoms with E-state index in [1.165, 1.54) is 0 Å². The Bertz CT molecular complexity index is 776. The van der Waals surface area contributed by atoms with Crippen molar-refractivity contribution in [3.05, 3.63) is 41.0 Å². The number of methoxy groups -OCH3 is 2. The Balaban J connectivity index is 1.86. The van der Waals surface area contributed by atoms with Gasteiger partial charge >= 0.3 is 0 Å². The lowest BCUT2D eigenvalue weighted by atomic mass is 10.2. The number of nitrogens with one attached hydrogen (secondary N) is 1. The van der Waals surface area contributed by atoms with E-state index in [0.29, 0.717) is 33.6 Å². The van der Waals surface area contributed by atoms with Gasteiger partial charge < -0.3 is 19.7 Å². The maximum Gasteiger partial charge on any atom is 0.254 e. The molecule has 1 fully saturated rings. The predicted molar refractivity (Wildman–Crippen MR) is 97.2 cm³/mol. The fraction of sp³-hybridized carbons (Fsp3) is 0.333. The molecule has 1 saturated heterocycles. The molecule has 6 nitrogen and oxygen atoms in total. The van der Waals surface area contributed by atoms with Gasteiger partial charge in [0, 0.05) is 37.0 Å². The third kappa shape index (κ3) is 3.79. The third-order valence-corrected chi connectivity index (χ3v) is 4.43. The van der Waals surface area contributed by atoms with E-state index in [1.807, 2.05) is 4.90 Å². The number of ether oxygens (including phenoxy) is 2. The van der Waals surface area contributed by atoms with Gasteiger partial charge in [-0.2, -0.15) is 0 Å². The van der Waals surface area contributed by atoms with E-state index in [2.05, 4.69) is 10.3 Å². The standard InChI is InChI=1S/C18H20ClN3O3/c1-24-15-11-14(16(25-2)10-13(15)19)21-17-9-12(5-6-20-17)18(23)22-7-3-4-8-22/h5-6,9-11H,3-4,7-8H2,1-2H3,(H,20,21). The molecule has 0 saturated carbocycles. The summed E-state index contributed by atoms with van der Waals surface area (Å²) in [5, 5.41) is 3.62. The van der Waals surface area contributed by atoms with Crippen molar-refractivity contribution in [3.63, 3.8) is 0 Å². The van der Waals surface area contributed by atoms with Crippen LogP contribution in [0.5, 0.6) is 11.5 Å². The number of carbonyl (C=O) groups excluding carboxylic acids is 1. The normalized spacial score (nSPS) is 13.6. The molecule has 25 heavy (non-hydrogen) atoms. The van der Waals surface area contributed by atoms with Crippen molar-refractivity contribution in [1.29, 1.82) is 0 Å². The Hall–Kier alpha value is -2.47. The summed E-state index contributed by atoms with van der Waals surface area (Å²) in [7, 11) is 3.11. The summed E-state index contributed by atoms with van der Waals surface area (Å²) >= 11 is 6.12. The molecule has 2 heterocycles. The molecule has 1 amide bonds. The number of hydrogen-bond donors (Lipinski definition) is 1. The summed E-state index contributed by atoms with van der Waals surface area (Å²) in [6.45, 7) is 1.62. The largest absolute Gasteiger partial charge is 0.495 e. The second-order valence-corrected chi connectivity index (χ2v) is 6.15. The van der Waals surface area contributed by atoms with Gasteiger partial charge in [0.25, 0.3) is 5.91 Å². The minimum absolute atomic E-state index is 0.0311. The zero-order valence-electron chi connectivity index (χ0n) is 14.2. The minimum Gasteiger partial charge on any atom is -0.495 e. The van der Waals surface area contributed by atoms with Gasteiger partial charge in [-0.05, 0) is 25.0 Å². The van der Waals surface area contributed by atoms with Crippen LogP contribution in [0.4, 0.5) is 11.5 Å². The molecule has 7 heteroatoms. The average molecular weight is 362 g/mol. The SMILES string of the molecule is COc1cc(Nc2cc(C(=O)N3CCCC3)ccn2)c(OC)cc1Cl. The zero-order valence-corrected chi connectivity index (χ0v) is 15.0. The van der Waals surface area contributed by atoms with Crippen LogP contribution in [0.2, 0.25) is 5.02 Å². The fourth-order valence-electron chi connectivity index (χ4n) is 2.83. The molecule has 0 unspecified atom stereocenters. The highest BCUT2D eigenvalue weighted by atomic mass is 35.5. The van der Waals surface area contributed by atoms with Crippen LogP contribution in [-0.4, -0.2) is 43.1 Å². The molecular weight excluding hydrogens is 342 g/mol. The molecule has 0 atom stereocenters. The van der Waals surface area contributed by atoms with Crippen LogP contribution in [-0.2, 0) is 0 Å². The molecule has 2 aromatic rings. The lowest BCUT2D eigenvalue weighted by Gasteiger charge is -2.16. The number of amides is 1. The lowest BCUT2D eigenvalue weighted by molar-refractivity contribution is 0.0793. The van der Waals surface area contributed by atoms with E-state index in [1.54, 1.807) is 44.7 Å². The van der Waals surface area contributed by atoms with Crippen LogP contribution < -0.4 is 14.8 Å². The molecule has 0 bridgehead atoms. The van der Waals surface area contributed by atoms with Gasteiger partial charge in [-0.15, -0.1) is 0 Å². The topological polar surface area (TPSA) is 63.7 Å². The second-order valence-electron chi connectivity index (χ2n) is 5.74. The predicted octanol–water partition coefficient (Wildman–Crippen LogP) is 3.73. The summed E-state index contributed by atoms with van der Waals surface area (Å²) in [5.74, 6) is 1.66. The average Bonchev–Trinajstić information content (AvgIpc) is 3.17. The molecule has 1 aromatic carbocycles. The molecule has 1 aliphatic rings. The van der Waals surface area contributed by atoms with Gasteiger partial charge in [0.1, 0.15) is 17.3 Å². The zero-order chi connectivity index (χ0) is 17.8. The highest BCUT2D eigenvalue weighted by molar-refractivity contribution is 6.32. The Morgan fingerprint density at radius 1 is 1.16 bits per heavy atom. The first-order valence-corrected chi connectivity index (χ1v) is 8.44. The van der Waals surface area contributed by atoms with E-state index in [4.69, 9.17) is 21.1 Å². The highest BCUT2D eigenvalue weighted by Crippen LogP contribution is 2.37. The molecule has 0 spiro atoms. The molecule has 132 valence electrons. The van der Waals surface area contributed by atoms with Crippen LogP contribution in [0, 0.1) is 0 Å². The number of likely N-dealkylation sites (tertiary alicyclic amines) is 1. The molecule has 1 N–H and O–H groups in total. The monoisotopic (exact) mass is 361 g/mol. The van der Waals surface area contributed by atoms with E-state index in [9.17, 15) is 4.79 Å². The first kappa shape index (κ1) is 17.4. The number of pyridine rings is 1. The Labute approximate surface area is 151 Å². The van der Waals surface area contributed by atoms with Crippen molar-refractivity contribution in [3.8, 4) is 11.5 Å². The second kappa shape index (κ2) is 7.61. The number of rotatable bonds is 5. The molecule has 3 rings (SSSR count). The summed E-state index contributed by atoms with van der Waals surface area (Å²) < 4.78 is 10.6. The maximum absolute atomic E-state index is 12.5. The summed E-state index contributed by atoms with van der Waals surface area (Å²) in [6, 6.07) is 6.87. The number of benzene rings is 1. The number of anilines is 2. The van der Waals surface area contributed by atoms with Gasteiger partial charge in [0.2, 0.25) is 0 Å². The van der Waals surface area contributed by atoms with Crippen LogP contribution in [0.3, 0.4) is 0 Å². The van der Waals surface area contributed by atoms with Crippen molar-refractivity contribution in [2.45, 2.75) is 12.8 Å². The molecule has 1 aromatic heterocycles. The van der Waals surface area contributed by atoms with Crippen LogP contribution >= 0.6 is 11.6 Å². The summed E-state index contributed by atoms with van der Waals surface area (Å²) in [4.78, 5) is 18.7. The quantitative estimate of drug-likeness (QED) is 0.879. The fourth-order valence-corrected chi connectivity index (χ4v) is 3.06. The first-order chi connectivity index (χ1) is 12.1. The van der Waals surface area contributed by atoms with E-state index in [0.717, 1.165) is 25.9 Å². The number of hydrogen-bond acceptors (Lipinski definition) is 5. The molecule has 0 aliphatic carbocycles. The number of aromatic nitrogens is 1. The summed E-state index contributed by atoms with van der Waals surface area (Å²) in [6.07, 6.45) is 3.73. The van der Waals surface area contributed by atoms with Crippen LogP contribution in [0.25, 0.3) is 0 Å². The van der Waals surface area contributed by atoms with E-state index < -0.39 is 0 Å². The number of carbonyl (C=O) groups is 1. The van der Waals surface area contributed by atoms with E-state index >= 15 is 0 Å². The van der Waals surface area contributed by atoms with Gasteiger partial charge in [-0.25, -0.2) is 4.98 Å². The third-order valence-electron chi connectivity index (χ3n) is 4.14. The molecule has 1 aliphatic heterocycles. The van der Waals surface area contributed by atoms with Crippen LogP contribution in [0.1, 0.15) is 23.2 Å². The smallest absolute Gasteiger partial charge is 0.254 e. The van der Waals surface area contributed by atoms with Gasteiger partial charge in [-0.1, -0.05) is 11.6 Å². The number of nitrogens with zero attached hydrogens (tertiary/aromatic N) is 2. The van der Waals surface area contributed by atoms with Crippen molar-refractivity contribution in [2.75, 3.05) is 32.6 Å². The van der Waals surface area contributed by atoms with Gasteiger partial charge in [0.05, 0.1) is 24.9 Å². The van der Waals surface area contributed by atoms with Crippen molar-refractivity contribution in [1.82, 2.24) is 9.88 Å². The highest BCUT2D eigenvalue weighted by Gasteiger charge is 2.20. The molecular formula is C18H20ClN3O3. The Morgan fingerprint density at radius 3 is 2.56 bits per heavy atom. The maximum atomic E-state index is 12.5. The first-order valence-electron chi connectivity index (χ1n) is 8.06. The Morgan fingerprint density at radius 2 is 1.88 bits per heavy atom. The van der Waals surface area contributed by atoms with E-state index in [-0.39, 0.29) is 5.91 Å². The molecule has 0 radical (unpaired) electrons. The summed E-state index contributed by atoms with van der Waals surface area (Å²) in [5.41, 5.74) is 1.27.